The normalized spacial score (nSPS) is 29.6. The number of nitrogens with two attached hydrogens (primary N) is 1. The van der Waals surface area contributed by atoms with Crippen molar-refractivity contribution in [2.75, 3.05) is 28.3 Å². The van der Waals surface area contributed by atoms with Gasteiger partial charge in [0.1, 0.15) is 22.8 Å². The summed E-state index contributed by atoms with van der Waals surface area (Å²) in [5, 5.41) is 57.7. The molecule has 1 aromatic rings. The third kappa shape index (κ3) is 3.45. The lowest BCUT2D eigenvalue weighted by Crippen LogP contribution is -2.70. The molecule has 3 aliphatic carbocycles. The number of primary amides is 1. The fourth-order valence-electron chi connectivity index (χ4n) is 5.73. The second-order valence-corrected chi connectivity index (χ2v) is 9.70. The molecular formula is C25H29N3O9. The van der Waals surface area contributed by atoms with Crippen molar-refractivity contribution in [3.8, 4) is 5.75 Å². The Bertz CT molecular complexity index is 1310. The highest BCUT2D eigenvalue weighted by Crippen LogP contribution is 2.55. The van der Waals surface area contributed by atoms with Crippen molar-refractivity contribution in [2.45, 2.75) is 24.3 Å². The van der Waals surface area contributed by atoms with E-state index in [4.69, 9.17) is 10.6 Å². The minimum atomic E-state index is -2.98. The molecule has 0 radical (unpaired) electrons. The molecule has 7 N–H and O–H groups in total. The monoisotopic (exact) mass is 515 g/mol. The second-order valence-electron chi connectivity index (χ2n) is 9.70. The molecule has 5 atom stereocenters. The number of Topliss-reactive ketones (excluding diaryl/α,β-unsaturated/α-hetero) is 2. The zero-order valence-electron chi connectivity index (χ0n) is 20.7. The lowest BCUT2D eigenvalue weighted by atomic mass is 9.55. The summed E-state index contributed by atoms with van der Waals surface area (Å²) in [5.41, 5.74) is 1.37. The molecule has 0 saturated heterocycles. The number of benzene rings is 1. The molecule has 3 aliphatic rings. The molecule has 37 heavy (non-hydrogen) atoms. The van der Waals surface area contributed by atoms with Crippen LogP contribution in [0.3, 0.4) is 0 Å². The van der Waals surface area contributed by atoms with Crippen LogP contribution in [0, 0.1) is 11.8 Å². The first kappa shape index (κ1) is 26.5. The Morgan fingerprint density at radius 2 is 1.81 bits per heavy atom. The highest BCUT2D eigenvalue weighted by atomic mass is 16.7. The number of aliphatic hydroxyl groups excluding tert-OH is 3. The van der Waals surface area contributed by atoms with E-state index in [0.717, 1.165) is 0 Å². The van der Waals surface area contributed by atoms with Crippen molar-refractivity contribution in [1.29, 1.82) is 0 Å². The minimum Gasteiger partial charge on any atom is -0.508 e. The van der Waals surface area contributed by atoms with Gasteiger partial charge in [-0.1, -0.05) is 18.7 Å². The molecule has 0 bridgehead atoms. The second kappa shape index (κ2) is 8.78. The number of hydroxylamine groups is 2. The van der Waals surface area contributed by atoms with E-state index < -0.39 is 69.7 Å². The number of phenolic OH excluding ortho intramolecular Hbond substituents is 1. The van der Waals surface area contributed by atoms with Gasteiger partial charge >= 0.3 is 0 Å². The summed E-state index contributed by atoms with van der Waals surface area (Å²) in [4.78, 5) is 45.5. The summed E-state index contributed by atoms with van der Waals surface area (Å²) in [5.74, 6) is -8.96. The molecule has 4 rings (SSSR count). The van der Waals surface area contributed by atoms with Crippen molar-refractivity contribution in [2.24, 2.45) is 17.6 Å². The third-order valence-electron chi connectivity index (χ3n) is 7.53. The summed E-state index contributed by atoms with van der Waals surface area (Å²) >= 11 is 0. The number of fused-ring (bicyclic) bond motifs is 3. The molecule has 1 saturated carbocycles. The predicted octanol–water partition coefficient (Wildman–Crippen LogP) is -0.601. The molecule has 0 unspecified atom stereocenters. The number of carbonyl (C=O) groups excluding carboxylic acids is 3. The smallest absolute Gasteiger partial charge is 0.255 e. The maximum absolute atomic E-state index is 13.9. The SMILES string of the molecule is C=C1c2ccc(CN(C)OC)c(O)c2C(O)=C2C(=O)[C@]3(O)C(O)=C(C(N)=O)C(=O)[C@@H](N(C)C)[C@@H]3[C@@H](O)[C@H]12. The Kier molecular flexibility index (Phi) is 6.29. The Labute approximate surface area is 212 Å². The number of ketones is 2. The van der Waals surface area contributed by atoms with Gasteiger partial charge < -0.3 is 36.1 Å². The predicted molar refractivity (Wildman–Crippen MR) is 129 cm³/mol. The molecule has 0 aromatic heterocycles. The zero-order valence-corrected chi connectivity index (χ0v) is 20.7. The van der Waals surface area contributed by atoms with Crippen LogP contribution in [0.15, 0.2) is 35.6 Å². The highest BCUT2D eigenvalue weighted by molar-refractivity contribution is 6.25. The highest BCUT2D eigenvalue weighted by Gasteiger charge is 2.68. The molecule has 0 aliphatic heterocycles. The molecule has 1 amide bonds. The first-order valence-corrected chi connectivity index (χ1v) is 11.3. The summed E-state index contributed by atoms with van der Waals surface area (Å²) < 4.78 is 0. The Balaban J connectivity index is 2.01. The van der Waals surface area contributed by atoms with Gasteiger partial charge in [0.25, 0.3) is 5.91 Å². The Hall–Kier alpha value is -3.55. The summed E-state index contributed by atoms with van der Waals surface area (Å²) in [6.07, 6.45) is -1.73. The van der Waals surface area contributed by atoms with E-state index in [2.05, 4.69) is 6.58 Å². The Morgan fingerprint density at radius 3 is 2.35 bits per heavy atom. The van der Waals surface area contributed by atoms with Gasteiger partial charge in [0.2, 0.25) is 5.78 Å². The standard InChI is InChI=1S/C25H29N3O9/c1-9-11-7-6-10(8-28(4)37-5)18(29)13(11)19(30)14-12(9)20(31)16-17(27(2)3)21(32)15(24(26)35)23(34)25(16,36)22(14)33/h6-7,12,16-17,20,29-31,34,36H,1,8H2,2-5H3,(H2,26,35)/t12-,16-,17+,20+,25+/m1/s1. The van der Waals surface area contributed by atoms with E-state index in [1.807, 2.05) is 0 Å². The molecule has 198 valence electrons. The van der Waals surface area contributed by atoms with Crippen molar-refractivity contribution in [3.63, 3.8) is 0 Å². The van der Waals surface area contributed by atoms with E-state index in [1.54, 1.807) is 19.2 Å². The lowest BCUT2D eigenvalue weighted by Gasteiger charge is -2.52. The average molecular weight is 516 g/mol. The van der Waals surface area contributed by atoms with Gasteiger partial charge in [-0.2, -0.15) is 5.06 Å². The number of likely N-dealkylation sites (N-methyl/N-ethyl adjacent to an activating group) is 1. The first-order valence-electron chi connectivity index (χ1n) is 11.3. The van der Waals surface area contributed by atoms with Crippen LogP contribution in [-0.2, 0) is 25.8 Å². The van der Waals surface area contributed by atoms with E-state index in [1.165, 1.54) is 31.2 Å². The number of aliphatic hydroxyl groups is 4. The fourth-order valence-corrected chi connectivity index (χ4v) is 5.73. The molecule has 1 fully saturated rings. The van der Waals surface area contributed by atoms with Crippen LogP contribution >= 0.6 is 0 Å². The van der Waals surface area contributed by atoms with Crippen LogP contribution in [0.1, 0.15) is 16.7 Å². The van der Waals surface area contributed by atoms with Gasteiger partial charge in [-0.3, -0.25) is 19.3 Å². The van der Waals surface area contributed by atoms with E-state index >= 15 is 0 Å². The van der Waals surface area contributed by atoms with Crippen LogP contribution in [-0.4, -0.2) is 99.0 Å². The fraction of sp³-hybridized carbons (Fsp3) is 0.400. The number of rotatable bonds is 5. The van der Waals surface area contributed by atoms with Gasteiger partial charge in [0.15, 0.2) is 11.4 Å². The molecule has 12 nitrogen and oxygen atoms in total. The van der Waals surface area contributed by atoms with Gasteiger partial charge in [0.05, 0.1) is 42.9 Å². The Morgan fingerprint density at radius 1 is 1.19 bits per heavy atom. The van der Waals surface area contributed by atoms with Crippen molar-refractivity contribution < 1.29 is 44.8 Å². The minimum absolute atomic E-state index is 0.106. The van der Waals surface area contributed by atoms with Gasteiger partial charge in [0, 0.05) is 18.5 Å². The summed E-state index contributed by atoms with van der Waals surface area (Å²) in [6, 6.07) is 1.70. The first-order chi connectivity index (χ1) is 17.2. The van der Waals surface area contributed by atoms with E-state index in [-0.39, 0.29) is 29.0 Å². The number of hydrogen-bond donors (Lipinski definition) is 6. The number of carbonyl (C=O) groups is 3. The van der Waals surface area contributed by atoms with Gasteiger partial charge in [-0.15, -0.1) is 0 Å². The number of nitrogens with zero attached hydrogens (tertiary/aromatic N) is 2. The molecule has 1 aromatic carbocycles. The number of amides is 1. The van der Waals surface area contributed by atoms with Gasteiger partial charge in [-0.25, -0.2) is 0 Å². The van der Waals surface area contributed by atoms with Crippen molar-refractivity contribution >= 4 is 28.8 Å². The van der Waals surface area contributed by atoms with Crippen LogP contribution in [0.4, 0.5) is 0 Å². The number of aromatic hydroxyl groups is 1. The maximum Gasteiger partial charge on any atom is 0.255 e. The van der Waals surface area contributed by atoms with Crippen LogP contribution < -0.4 is 5.73 Å². The van der Waals surface area contributed by atoms with Crippen molar-refractivity contribution in [1.82, 2.24) is 9.96 Å². The molecule has 0 heterocycles. The molecule has 0 spiro atoms. The molecular weight excluding hydrogens is 486 g/mol. The van der Waals surface area contributed by atoms with E-state index in [9.17, 15) is 39.9 Å². The summed E-state index contributed by atoms with van der Waals surface area (Å²) in [7, 11) is 5.91. The quantitative estimate of drug-likeness (QED) is 0.216. The van der Waals surface area contributed by atoms with Crippen LogP contribution in [0.2, 0.25) is 0 Å². The largest absolute Gasteiger partial charge is 0.508 e. The van der Waals surface area contributed by atoms with Crippen molar-refractivity contribution in [3.05, 3.63) is 52.3 Å². The average Bonchev–Trinajstić information content (AvgIpc) is 2.82. The number of phenols is 1. The van der Waals surface area contributed by atoms with Crippen LogP contribution in [0.5, 0.6) is 5.75 Å². The topological polar surface area (TPSA) is 194 Å². The van der Waals surface area contributed by atoms with E-state index in [0.29, 0.717) is 5.56 Å². The summed E-state index contributed by atoms with van der Waals surface area (Å²) in [6.45, 7) is 4.09. The zero-order chi connectivity index (χ0) is 27.7. The van der Waals surface area contributed by atoms with Gasteiger partial charge in [-0.05, 0) is 25.2 Å². The lowest BCUT2D eigenvalue weighted by molar-refractivity contribution is -0.166. The maximum atomic E-state index is 13.9. The third-order valence-corrected chi connectivity index (χ3v) is 7.53. The molecule has 12 heteroatoms. The number of hydrogen-bond acceptors (Lipinski definition) is 11. The van der Waals surface area contributed by atoms with Crippen LogP contribution in [0.25, 0.3) is 11.3 Å².